The summed E-state index contributed by atoms with van der Waals surface area (Å²) in [6.45, 7) is 0.841. The molecule has 3 aromatic heterocycles. The third-order valence-electron chi connectivity index (χ3n) is 7.22. The summed E-state index contributed by atoms with van der Waals surface area (Å²) < 4.78 is 9.73. The molecular formula is C32H26N4O2. The number of imidazole rings is 1. The summed E-state index contributed by atoms with van der Waals surface area (Å²) in [5.41, 5.74) is 5.81. The Morgan fingerprint density at radius 2 is 1.55 bits per heavy atom. The molecule has 1 fully saturated rings. The van der Waals surface area contributed by atoms with E-state index in [0.29, 0.717) is 25.1 Å². The number of pyridine rings is 2. The van der Waals surface area contributed by atoms with E-state index in [4.69, 9.17) is 9.72 Å². The number of aromatic nitrogens is 4. The van der Waals surface area contributed by atoms with Crippen molar-refractivity contribution in [3.05, 3.63) is 125 Å². The lowest BCUT2D eigenvalue weighted by Gasteiger charge is -2.14. The highest BCUT2D eigenvalue weighted by Gasteiger charge is 2.29. The van der Waals surface area contributed by atoms with E-state index in [-0.39, 0.29) is 5.69 Å². The van der Waals surface area contributed by atoms with Gasteiger partial charge in [-0.1, -0.05) is 66.7 Å². The zero-order chi connectivity index (χ0) is 25.5. The van der Waals surface area contributed by atoms with Crippen LogP contribution < -0.4 is 10.4 Å². The van der Waals surface area contributed by atoms with E-state index in [2.05, 4.69) is 17.1 Å². The maximum atomic E-state index is 13.6. The van der Waals surface area contributed by atoms with Crippen LogP contribution in [0.2, 0.25) is 0 Å². The van der Waals surface area contributed by atoms with Gasteiger partial charge in [-0.25, -0.2) is 9.78 Å². The number of benzene rings is 3. The third-order valence-corrected chi connectivity index (χ3v) is 7.22. The summed E-state index contributed by atoms with van der Waals surface area (Å²) in [6.07, 6.45) is 5.84. The van der Waals surface area contributed by atoms with Crippen LogP contribution in [0.1, 0.15) is 30.1 Å². The Bertz CT molecular complexity index is 1820. The zero-order valence-electron chi connectivity index (χ0n) is 20.8. The van der Waals surface area contributed by atoms with Crippen LogP contribution in [0.3, 0.4) is 0 Å². The predicted molar refractivity (Wildman–Crippen MR) is 149 cm³/mol. The van der Waals surface area contributed by atoms with Gasteiger partial charge in [-0.2, -0.15) is 0 Å². The average Bonchev–Trinajstić information content (AvgIpc) is 3.77. The van der Waals surface area contributed by atoms with Crippen LogP contribution in [0.5, 0.6) is 5.88 Å². The molecule has 6 nitrogen and oxygen atoms in total. The highest BCUT2D eigenvalue weighted by Crippen LogP contribution is 2.37. The van der Waals surface area contributed by atoms with Gasteiger partial charge < -0.3 is 4.74 Å². The molecule has 1 saturated carbocycles. The summed E-state index contributed by atoms with van der Waals surface area (Å²) in [4.78, 5) is 23.1. The second-order valence-electron chi connectivity index (χ2n) is 9.79. The Kier molecular flexibility index (Phi) is 5.51. The maximum Gasteiger partial charge on any atom is 0.329 e. The van der Waals surface area contributed by atoms with Gasteiger partial charge >= 0.3 is 5.69 Å². The minimum Gasteiger partial charge on any atom is -0.473 e. The van der Waals surface area contributed by atoms with Crippen molar-refractivity contribution in [1.29, 1.82) is 0 Å². The van der Waals surface area contributed by atoms with Gasteiger partial charge in [0.2, 0.25) is 5.88 Å². The minimum absolute atomic E-state index is 0.0254. The second kappa shape index (κ2) is 9.30. The van der Waals surface area contributed by atoms with Gasteiger partial charge in [0.05, 0.1) is 23.3 Å². The summed E-state index contributed by atoms with van der Waals surface area (Å²) in [5.74, 6) is 0.566. The summed E-state index contributed by atoms with van der Waals surface area (Å²) >= 11 is 0. The standard InChI is InChI=1S/C32H26N4O2/c37-32-35(28-12-6-7-13-29(28)36(32)25-15-16-25)20-27-31(26-11-5-4-10-23(26)18-33-27)24-14-17-30(34-19-24)38-21-22-8-2-1-3-9-22/h1-14,17-19,25H,15-16,20-21H2. The molecule has 1 aliphatic rings. The van der Waals surface area contributed by atoms with Crippen LogP contribution >= 0.6 is 0 Å². The summed E-state index contributed by atoms with van der Waals surface area (Å²) in [6, 6.07) is 30.5. The SMILES string of the molecule is O=c1n(Cc2ncc3ccccc3c2-c2ccc(OCc3ccccc3)nc2)c2ccccc2n1C1CC1. The quantitative estimate of drug-likeness (QED) is 0.256. The summed E-state index contributed by atoms with van der Waals surface area (Å²) in [7, 11) is 0. The van der Waals surface area contributed by atoms with Crippen LogP contribution in [0, 0.1) is 0 Å². The van der Waals surface area contributed by atoms with E-state index < -0.39 is 0 Å². The van der Waals surface area contributed by atoms with Gasteiger partial charge in [-0.15, -0.1) is 0 Å². The highest BCUT2D eigenvalue weighted by molar-refractivity contribution is 5.97. The molecule has 0 amide bonds. The molecule has 3 heterocycles. The first-order valence-corrected chi connectivity index (χ1v) is 13.0. The van der Waals surface area contributed by atoms with Gasteiger partial charge in [-0.3, -0.25) is 14.1 Å². The molecule has 0 aliphatic heterocycles. The van der Waals surface area contributed by atoms with E-state index in [1.165, 1.54) is 0 Å². The van der Waals surface area contributed by atoms with E-state index in [0.717, 1.165) is 57.0 Å². The first-order chi connectivity index (χ1) is 18.8. The van der Waals surface area contributed by atoms with Gasteiger partial charge in [-0.05, 0) is 42.0 Å². The molecule has 7 rings (SSSR count). The molecule has 3 aromatic carbocycles. The van der Waals surface area contributed by atoms with Gasteiger partial charge in [0.1, 0.15) is 6.61 Å². The molecule has 6 heteroatoms. The number of ether oxygens (including phenoxy) is 1. The van der Waals surface area contributed by atoms with Crippen molar-refractivity contribution in [3.63, 3.8) is 0 Å². The second-order valence-corrected chi connectivity index (χ2v) is 9.79. The molecule has 0 N–H and O–H groups in total. The Hall–Kier alpha value is -4.71. The molecule has 0 unspecified atom stereocenters. The van der Waals surface area contributed by atoms with E-state index in [1.807, 2.05) is 100 Å². The van der Waals surface area contributed by atoms with Crippen molar-refractivity contribution >= 4 is 21.8 Å². The molecular weight excluding hydrogens is 472 g/mol. The zero-order valence-corrected chi connectivity index (χ0v) is 20.8. The van der Waals surface area contributed by atoms with E-state index in [1.54, 1.807) is 0 Å². The number of para-hydroxylation sites is 2. The lowest BCUT2D eigenvalue weighted by atomic mass is 9.98. The number of rotatable bonds is 7. The fourth-order valence-corrected chi connectivity index (χ4v) is 5.21. The van der Waals surface area contributed by atoms with Crippen molar-refractivity contribution in [3.8, 4) is 17.0 Å². The number of nitrogens with zero attached hydrogens (tertiary/aromatic N) is 4. The molecule has 38 heavy (non-hydrogen) atoms. The van der Waals surface area contributed by atoms with Crippen molar-refractivity contribution in [2.45, 2.75) is 32.0 Å². The van der Waals surface area contributed by atoms with Crippen LogP contribution in [-0.2, 0) is 13.2 Å². The Labute approximate surface area is 219 Å². The smallest absolute Gasteiger partial charge is 0.329 e. The Morgan fingerprint density at radius 1 is 0.789 bits per heavy atom. The summed E-state index contributed by atoms with van der Waals surface area (Å²) in [5, 5.41) is 2.12. The maximum absolute atomic E-state index is 13.6. The lowest BCUT2D eigenvalue weighted by molar-refractivity contribution is 0.294. The van der Waals surface area contributed by atoms with Gasteiger partial charge in [0.15, 0.2) is 0 Å². The fraction of sp³-hybridized carbons (Fsp3) is 0.156. The number of hydrogen-bond acceptors (Lipinski definition) is 4. The first kappa shape index (κ1) is 22.5. The molecule has 0 radical (unpaired) electrons. The first-order valence-electron chi connectivity index (χ1n) is 13.0. The molecule has 1 aliphatic carbocycles. The van der Waals surface area contributed by atoms with Crippen LogP contribution in [-0.4, -0.2) is 19.1 Å². The van der Waals surface area contributed by atoms with Crippen LogP contribution in [0.15, 0.2) is 108 Å². The minimum atomic E-state index is 0.0254. The number of hydrogen-bond donors (Lipinski definition) is 0. The highest BCUT2D eigenvalue weighted by atomic mass is 16.5. The van der Waals surface area contributed by atoms with Crippen molar-refractivity contribution in [1.82, 2.24) is 19.1 Å². The van der Waals surface area contributed by atoms with Crippen molar-refractivity contribution in [2.24, 2.45) is 0 Å². The molecule has 186 valence electrons. The van der Waals surface area contributed by atoms with Gasteiger partial charge in [0.25, 0.3) is 0 Å². The number of fused-ring (bicyclic) bond motifs is 2. The molecule has 0 saturated heterocycles. The molecule has 0 spiro atoms. The van der Waals surface area contributed by atoms with E-state index in [9.17, 15) is 4.79 Å². The van der Waals surface area contributed by atoms with Crippen molar-refractivity contribution in [2.75, 3.05) is 0 Å². The molecule has 0 atom stereocenters. The average molecular weight is 499 g/mol. The third kappa shape index (κ3) is 4.04. The predicted octanol–water partition coefficient (Wildman–Crippen LogP) is 6.38. The molecule has 6 aromatic rings. The molecule has 0 bridgehead atoms. The largest absolute Gasteiger partial charge is 0.473 e. The van der Waals surface area contributed by atoms with Crippen LogP contribution in [0.25, 0.3) is 32.9 Å². The van der Waals surface area contributed by atoms with Crippen LogP contribution in [0.4, 0.5) is 0 Å². The topological polar surface area (TPSA) is 61.9 Å². The lowest BCUT2D eigenvalue weighted by Crippen LogP contribution is -2.24. The van der Waals surface area contributed by atoms with Gasteiger partial charge in [0, 0.05) is 41.0 Å². The fourth-order valence-electron chi connectivity index (χ4n) is 5.21. The van der Waals surface area contributed by atoms with E-state index >= 15 is 0 Å². The Morgan fingerprint density at radius 3 is 2.34 bits per heavy atom. The Balaban J connectivity index is 1.29. The van der Waals surface area contributed by atoms with Crippen molar-refractivity contribution < 1.29 is 4.74 Å². The normalized spacial score (nSPS) is 13.3. The monoisotopic (exact) mass is 498 g/mol.